The van der Waals surface area contributed by atoms with E-state index in [1.165, 1.54) is 18.9 Å². The van der Waals surface area contributed by atoms with Crippen molar-refractivity contribution >= 4 is 39.1 Å². The van der Waals surface area contributed by atoms with Crippen molar-refractivity contribution in [1.29, 1.82) is 0 Å². The number of hydrogen-bond acceptors (Lipinski definition) is 6. The second-order valence-electron chi connectivity index (χ2n) is 8.07. The molecule has 0 unspecified atom stereocenters. The molecule has 1 atom stereocenters. The van der Waals surface area contributed by atoms with Crippen LogP contribution in [0.1, 0.15) is 24.1 Å². The zero-order chi connectivity index (χ0) is 20.7. The molecule has 2 fully saturated rings. The van der Waals surface area contributed by atoms with Gasteiger partial charge in [-0.3, -0.25) is 4.79 Å². The van der Waals surface area contributed by atoms with Crippen LogP contribution in [0, 0.1) is 12.8 Å². The molecular formula is C22H25N5O2S. The molecule has 7 nitrogen and oxygen atoms in total. The number of nitrogens with zero attached hydrogens (tertiary/aromatic N) is 4. The number of carbonyl (C=O) groups excluding carboxylic acids is 1. The molecule has 1 N–H and O–H groups in total. The maximum absolute atomic E-state index is 11.9. The second kappa shape index (κ2) is 7.75. The Morgan fingerprint density at radius 2 is 2.30 bits per heavy atom. The largest absolute Gasteiger partial charge is 0.472 e. The molecule has 1 amide bonds. The van der Waals surface area contributed by atoms with Crippen LogP contribution in [0.4, 0.5) is 10.9 Å². The Balaban J connectivity index is 1.45. The van der Waals surface area contributed by atoms with Crippen molar-refractivity contribution < 1.29 is 9.53 Å². The van der Waals surface area contributed by atoms with Crippen molar-refractivity contribution in [1.82, 2.24) is 19.4 Å². The molecule has 5 rings (SSSR count). The number of amides is 1. The molecule has 0 radical (unpaired) electrons. The molecule has 2 aliphatic rings. The molecular weight excluding hydrogens is 398 g/mol. The highest BCUT2D eigenvalue weighted by atomic mass is 32.1. The Kier molecular flexibility index (Phi) is 4.94. The molecule has 1 aliphatic carbocycles. The van der Waals surface area contributed by atoms with Crippen molar-refractivity contribution in [2.75, 3.05) is 18.4 Å². The van der Waals surface area contributed by atoms with Gasteiger partial charge in [0, 0.05) is 42.8 Å². The molecule has 8 heteroatoms. The number of anilines is 2. The molecule has 1 saturated carbocycles. The summed E-state index contributed by atoms with van der Waals surface area (Å²) < 4.78 is 8.62. The average molecular weight is 424 g/mol. The SMILES string of the molecule is C=CC(=O)N1CC[C@H](Oc2nc(Nc3ncc(C)s3)cc3c2ccn3CC2CC2)C1. The van der Waals surface area contributed by atoms with Gasteiger partial charge in [0.2, 0.25) is 11.8 Å². The third kappa shape index (κ3) is 3.92. The number of likely N-dealkylation sites (tertiary alicyclic amines) is 1. The Morgan fingerprint density at radius 1 is 1.43 bits per heavy atom. The Bertz CT molecular complexity index is 1100. The molecule has 0 bridgehead atoms. The number of pyridine rings is 1. The normalized spacial score (nSPS) is 18.7. The number of fused-ring (bicyclic) bond motifs is 1. The van der Waals surface area contributed by atoms with Gasteiger partial charge in [0.15, 0.2) is 5.13 Å². The van der Waals surface area contributed by atoms with E-state index < -0.39 is 0 Å². The highest BCUT2D eigenvalue weighted by Gasteiger charge is 2.28. The summed E-state index contributed by atoms with van der Waals surface area (Å²) in [5, 5.41) is 5.15. The highest BCUT2D eigenvalue weighted by molar-refractivity contribution is 7.15. The summed E-state index contributed by atoms with van der Waals surface area (Å²) in [6.45, 7) is 7.87. The van der Waals surface area contributed by atoms with Gasteiger partial charge in [0.05, 0.1) is 17.4 Å². The summed E-state index contributed by atoms with van der Waals surface area (Å²) in [4.78, 5) is 24.0. The van der Waals surface area contributed by atoms with Crippen LogP contribution < -0.4 is 10.1 Å². The summed E-state index contributed by atoms with van der Waals surface area (Å²) in [5.74, 6) is 2.05. The smallest absolute Gasteiger partial charge is 0.246 e. The highest BCUT2D eigenvalue weighted by Crippen LogP contribution is 2.35. The number of nitrogens with one attached hydrogen (secondary N) is 1. The minimum absolute atomic E-state index is 0.0515. The molecule has 3 aromatic rings. The predicted octanol–water partition coefficient (Wildman–Crippen LogP) is 4.12. The summed E-state index contributed by atoms with van der Waals surface area (Å²) >= 11 is 1.60. The van der Waals surface area contributed by atoms with E-state index in [-0.39, 0.29) is 12.0 Å². The lowest BCUT2D eigenvalue weighted by Crippen LogP contribution is -2.29. The lowest BCUT2D eigenvalue weighted by Gasteiger charge is -2.17. The van der Waals surface area contributed by atoms with E-state index in [2.05, 4.69) is 39.8 Å². The van der Waals surface area contributed by atoms with E-state index in [9.17, 15) is 4.79 Å². The fourth-order valence-electron chi connectivity index (χ4n) is 3.88. The van der Waals surface area contributed by atoms with Crippen molar-refractivity contribution in [2.45, 2.75) is 38.8 Å². The van der Waals surface area contributed by atoms with E-state index in [1.807, 2.05) is 13.1 Å². The van der Waals surface area contributed by atoms with Gasteiger partial charge in [-0.05, 0) is 37.8 Å². The van der Waals surface area contributed by atoms with E-state index in [0.29, 0.717) is 19.0 Å². The lowest BCUT2D eigenvalue weighted by molar-refractivity contribution is -0.125. The van der Waals surface area contributed by atoms with E-state index in [4.69, 9.17) is 9.72 Å². The standard InChI is InChI=1S/C22H25N5O2S/c1-3-20(28)27-8-6-16(13-27)29-21-17-7-9-26(12-15-4-5-15)18(17)10-19(24-21)25-22-23-11-14(2)30-22/h3,7,9-11,15-16H,1,4-6,8,12-13H2,2H3,(H,23,24,25)/t16-/m0/s1. The van der Waals surface area contributed by atoms with Crippen LogP contribution in [-0.4, -0.2) is 44.5 Å². The van der Waals surface area contributed by atoms with E-state index in [0.717, 1.165) is 45.6 Å². The number of thiazole rings is 1. The first-order valence-electron chi connectivity index (χ1n) is 10.4. The number of rotatable bonds is 7. The number of aromatic nitrogens is 3. The van der Waals surface area contributed by atoms with Crippen LogP contribution >= 0.6 is 11.3 Å². The van der Waals surface area contributed by atoms with Crippen molar-refractivity contribution in [3.63, 3.8) is 0 Å². The predicted molar refractivity (Wildman–Crippen MR) is 118 cm³/mol. The molecule has 1 aliphatic heterocycles. The van der Waals surface area contributed by atoms with Gasteiger partial charge < -0.3 is 19.5 Å². The summed E-state index contributed by atoms with van der Waals surface area (Å²) in [6, 6.07) is 4.16. The molecule has 156 valence electrons. The van der Waals surface area contributed by atoms with Crippen molar-refractivity contribution in [3.8, 4) is 5.88 Å². The van der Waals surface area contributed by atoms with Gasteiger partial charge in [-0.2, -0.15) is 4.98 Å². The van der Waals surface area contributed by atoms with E-state index in [1.54, 1.807) is 16.2 Å². The zero-order valence-electron chi connectivity index (χ0n) is 17.0. The minimum atomic E-state index is -0.0752. The second-order valence-corrected chi connectivity index (χ2v) is 9.31. The molecule has 4 heterocycles. The molecule has 30 heavy (non-hydrogen) atoms. The van der Waals surface area contributed by atoms with Crippen molar-refractivity contribution in [3.05, 3.63) is 42.1 Å². The van der Waals surface area contributed by atoms with Gasteiger partial charge >= 0.3 is 0 Å². The van der Waals surface area contributed by atoms with Crippen LogP contribution in [0.3, 0.4) is 0 Å². The number of carbonyl (C=O) groups is 1. The van der Waals surface area contributed by atoms with Gasteiger partial charge in [-0.25, -0.2) is 4.98 Å². The third-order valence-corrected chi connectivity index (χ3v) is 6.48. The van der Waals surface area contributed by atoms with Gasteiger partial charge in [-0.1, -0.05) is 6.58 Å². The Hall–Kier alpha value is -2.87. The Labute approximate surface area is 179 Å². The molecule has 0 spiro atoms. The van der Waals surface area contributed by atoms with Gasteiger partial charge in [0.25, 0.3) is 0 Å². The van der Waals surface area contributed by atoms with E-state index >= 15 is 0 Å². The van der Waals surface area contributed by atoms with Crippen LogP contribution in [-0.2, 0) is 11.3 Å². The summed E-state index contributed by atoms with van der Waals surface area (Å²) in [5.41, 5.74) is 1.11. The maximum Gasteiger partial charge on any atom is 0.246 e. The topological polar surface area (TPSA) is 72.3 Å². The van der Waals surface area contributed by atoms with Crippen LogP contribution in [0.2, 0.25) is 0 Å². The lowest BCUT2D eigenvalue weighted by atomic mass is 10.3. The Morgan fingerprint density at radius 3 is 3.03 bits per heavy atom. The molecule has 0 aromatic carbocycles. The monoisotopic (exact) mass is 423 g/mol. The summed E-state index contributed by atoms with van der Waals surface area (Å²) in [6.07, 6.45) is 8.64. The first-order valence-corrected chi connectivity index (χ1v) is 11.2. The number of ether oxygens (including phenoxy) is 1. The number of hydrogen-bond donors (Lipinski definition) is 1. The quantitative estimate of drug-likeness (QED) is 0.579. The van der Waals surface area contributed by atoms with Crippen LogP contribution in [0.25, 0.3) is 10.9 Å². The van der Waals surface area contributed by atoms with Crippen LogP contribution in [0.15, 0.2) is 37.2 Å². The third-order valence-electron chi connectivity index (χ3n) is 5.65. The first-order chi connectivity index (χ1) is 14.6. The fourth-order valence-corrected chi connectivity index (χ4v) is 4.55. The average Bonchev–Trinajstić information content (AvgIpc) is 3.08. The zero-order valence-corrected chi connectivity index (χ0v) is 17.8. The molecule has 3 aromatic heterocycles. The minimum Gasteiger partial charge on any atom is -0.472 e. The summed E-state index contributed by atoms with van der Waals surface area (Å²) in [7, 11) is 0. The molecule has 1 saturated heterocycles. The van der Waals surface area contributed by atoms with Gasteiger partial charge in [-0.15, -0.1) is 11.3 Å². The number of aryl methyl sites for hydroxylation is 1. The van der Waals surface area contributed by atoms with Gasteiger partial charge in [0.1, 0.15) is 11.9 Å². The van der Waals surface area contributed by atoms with Crippen LogP contribution in [0.5, 0.6) is 5.88 Å². The van der Waals surface area contributed by atoms with Crippen molar-refractivity contribution in [2.24, 2.45) is 5.92 Å². The first kappa shape index (κ1) is 19.1. The maximum atomic E-state index is 11.9. The fraction of sp³-hybridized carbons (Fsp3) is 0.409.